The summed E-state index contributed by atoms with van der Waals surface area (Å²) in [5, 5.41) is 13.2. The molecule has 9 nitrogen and oxygen atoms in total. The lowest BCUT2D eigenvalue weighted by Gasteiger charge is -2.14. The molecule has 0 fully saturated rings. The largest absolute Gasteiger partial charge is 0.481 e. The minimum absolute atomic E-state index is 0.0438. The van der Waals surface area contributed by atoms with Gasteiger partial charge < -0.3 is 14.6 Å². The smallest absolute Gasteiger partial charge is 0.349 e. The Kier molecular flexibility index (Phi) is 6.56. The van der Waals surface area contributed by atoms with Crippen molar-refractivity contribution < 1.29 is 14.5 Å². The van der Waals surface area contributed by atoms with Crippen molar-refractivity contribution in [2.24, 2.45) is 7.05 Å². The highest BCUT2D eigenvalue weighted by atomic mass is 16.6. The number of non-ortho nitro benzene ring substituents is 1. The molecule has 1 unspecified atom stereocenters. The van der Waals surface area contributed by atoms with Gasteiger partial charge in [0.1, 0.15) is 11.6 Å². The number of hydrogen-bond donors (Lipinski definition) is 1. The Hall–Kier alpha value is -4.27. The predicted octanol–water partition coefficient (Wildman–Crippen LogP) is 3.26. The van der Waals surface area contributed by atoms with E-state index in [0.29, 0.717) is 5.75 Å². The molecule has 3 rings (SSSR count). The minimum atomic E-state index is -0.799. The zero-order valence-electron chi connectivity index (χ0n) is 16.9. The third kappa shape index (κ3) is 5.86. The summed E-state index contributed by atoms with van der Waals surface area (Å²) in [4.78, 5) is 37.8. The number of aryl methyl sites for hydroxylation is 1. The Morgan fingerprint density at radius 2 is 1.68 bits per heavy atom. The standard InChI is InChI=1S/C22H20N4O5/c1-15(21(27)23-20-13-14-25(2)22(28)24-20)31-19-11-7-17(8-12-19)4-3-16-5-9-18(10-6-16)26(29)30/h3-15H,1-2H3,(H,23,24,27,28)/b4-3+. The summed E-state index contributed by atoms with van der Waals surface area (Å²) in [6, 6.07) is 14.9. The number of ether oxygens (including phenoxy) is 1. The molecule has 0 saturated carbocycles. The van der Waals surface area contributed by atoms with Crippen LogP contribution in [-0.2, 0) is 11.8 Å². The van der Waals surface area contributed by atoms with E-state index in [0.717, 1.165) is 11.1 Å². The van der Waals surface area contributed by atoms with Gasteiger partial charge in [0.25, 0.3) is 11.6 Å². The Morgan fingerprint density at radius 3 is 2.23 bits per heavy atom. The molecule has 0 saturated heterocycles. The van der Waals surface area contributed by atoms with Gasteiger partial charge in [0.2, 0.25) is 0 Å². The number of amides is 1. The number of nitrogens with zero attached hydrogens (tertiary/aromatic N) is 3. The van der Waals surface area contributed by atoms with Crippen LogP contribution in [0.1, 0.15) is 18.1 Å². The first-order valence-corrected chi connectivity index (χ1v) is 9.35. The van der Waals surface area contributed by atoms with Crippen molar-refractivity contribution in [1.82, 2.24) is 9.55 Å². The molecule has 1 heterocycles. The fourth-order valence-corrected chi connectivity index (χ4v) is 2.58. The Balaban J connectivity index is 1.57. The van der Waals surface area contributed by atoms with Gasteiger partial charge in [0, 0.05) is 25.4 Å². The van der Waals surface area contributed by atoms with Gasteiger partial charge >= 0.3 is 5.69 Å². The summed E-state index contributed by atoms with van der Waals surface area (Å²) in [5.74, 6) is 0.241. The summed E-state index contributed by atoms with van der Waals surface area (Å²) in [7, 11) is 1.57. The van der Waals surface area contributed by atoms with Gasteiger partial charge in [0.15, 0.2) is 6.10 Å². The van der Waals surface area contributed by atoms with Gasteiger partial charge in [-0.15, -0.1) is 0 Å². The SMILES string of the molecule is CC(Oc1ccc(/C=C/c2ccc([N+](=O)[O-])cc2)cc1)C(=O)Nc1ccn(C)c(=O)n1. The van der Waals surface area contributed by atoms with Crippen LogP contribution < -0.4 is 15.7 Å². The summed E-state index contributed by atoms with van der Waals surface area (Å²) in [6.45, 7) is 1.60. The van der Waals surface area contributed by atoms with Crippen LogP contribution in [0.25, 0.3) is 12.2 Å². The van der Waals surface area contributed by atoms with E-state index in [1.165, 1.54) is 29.0 Å². The van der Waals surface area contributed by atoms with Gasteiger partial charge in [-0.05, 0) is 48.4 Å². The number of rotatable bonds is 7. The topological polar surface area (TPSA) is 116 Å². The quantitative estimate of drug-likeness (QED) is 0.356. The van der Waals surface area contributed by atoms with Crippen molar-refractivity contribution in [3.8, 4) is 5.75 Å². The number of nitrogens with one attached hydrogen (secondary N) is 1. The third-order valence-corrected chi connectivity index (χ3v) is 4.36. The van der Waals surface area contributed by atoms with E-state index in [-0.39, 0.29) is 11.5 Å². The number of hydrogen-bond acceptors (Lipinski definition) is 6. The average Bonchev–Trinajstić information content (AvgIpc) is 2.76. The maximum Gasteiger partial charge on any atom is 0.349 e. The lowest BCUT2D eigenvalue weighted by atomic mass is 10.1. The third-order valence-electron chi connectivity index (χ3n) is 4.36. The Bertz CT molecular complexity index is 1170. The van der Waals surface area contributed by atoms with Gasteiger partial charge in [0.05, 0.1) is 4.92 Å². The molecule has 158 valence electrons. The zero-order valence-corrected chi connectivity index (χ0v) is 16.9. The van der Waals surface area contributed by atoms with E-state index in [1.807, 2.05) is 24.3 Å². The van der Waals surface area contributed by atoms with Crippen molar-refractivity contribution in [2.75, 3.05) is 5.32 Å². The zero-order chi connectivity index (χ0) is 22.4. The van der Waals surface area contributed by atoms with Gasteiger partial charge in [-0.25, -0.2) is 4.79 Å². The van der Waals surface area contributed by atoms with Crippen LogP contribution in [0.3, 0.4) is 0 Å². The maximum atomic E-state index is 12.3. The molecule has 0 spiro atoms. The van der Waals surface area contributed by atoms with Crippen LogP contribution in [0, 0.1) is 10.1 Å². The van der Waals surface area contributed by atoms with Gasteiger partial charge in [-0.2, -0.15) is 4.98 Å². The maximum absolute atomic E-state index is 12.3. The molecule has 31 heavy (non-hydrogen) atoms. The number of aromatic nitrogens is 2. The first-order valence-electron chi connectivity index (χ1n) is 9.35. The normalized spacial score (nSPS) is 11.8. The van der Waals surface area contributed by atoms with Crippen molar-refractivity contribution >= 4 is 29.6 Å². The van der Waals surface area contributed by atoms with E-state index in [4.69, 9.17) is 4.74 Å². The first-order chi connectivity index (χ1) is 14.8. The second-order valence-corrected chi connectivity index (χ2v) is 6.71. The van der Waals surface area contributed by atoms with E-state index in [9.17, 15) is 19.7 Å². The Morgan fingerprint density at radius 1 is 1.10 bits per heavy atom. The van der Waals surface area contributed by atoms with Crippen molar-refractivity contribution in [2.45, 2.75) is 13.0 Å². The molecule has 0 bridgehead atoms. The minimum Gasteiger partial charge on any atom is -0.481 e. The molecular formula is C22H20N4O5. The molecule has 3 aromatic rings. The van der Waals surface area contributed by atoms with Crippen LogP contribution in [0.4, 0.5) is 11.5 Å². The number of benzene rings is 2. The highest BCUT2D eigenvalue weighted by Crippen LogP contribution is 2.18. The molecule has 1 atom stereocenters. The fourth-order valence-electron chi connectivity index (χ4n) is 2.58. The van der Waals surface area contributed by atoms with Crippen molar-refractivity contribution in [1.29, 1.82) is 0 Å². The summed E-state index contributed by atoms with van der Waals surface area (Å²) >= 11 is 0. The molecule has 0 aliphatic rings. The lowest BCUT2D eigenvalue weighted by Crippen LogP contribution is -2.31. The molecular weight excluding hydrogens is 400 g/mol. The van der Waals surface area contributed by atoms with Crippen LogP contribution >= 0.6 is 0 Å². The van der Waals surface area contributed by atoms with Crippen LogP contribution in [-0.4, -0.2) is 26.5 Å². The molecule has 1 N–H and O–H groups in total. The van der Waals surface area contributed by atoms with Gasteiger partial charge in [-0.3, -0.25) is 14.9 Å². The number of carbonyl (C=O) groups is 1. The van der Waals surface area contributed by atoms with E-state index in [2.05, 4.69) is 10.3 Å². The highest BCUT2D eigenvalue weighted by molar-refractivity contribution is 5.93. The summed E-state index contributed by atoms with van der Waals surface area (Å²) in [6.07, 6.45) is 4.42. The van der Waals surface area contributed by atoms with Crippen molar-refractivity contribution in [3.05, 3.63) is 92.5 Å². The molecule has 1 amide bonds. The number of nitro benzene ring substituents is 1. The highest BCUT2D eigenvalue weighted by Gasteiger charge is 2.15. The molecule has 2 aromatic carbocycles. The molecule has 0 aliphatic carbocycles. The average molecular weight is 420 g/mol. The molecule has 0 aliphatic heterocycles. The molecule has 9 heteroatoms. The second-order valence-electron chi connectivity index (χ2n) is 6.71. The predicted molar refractivity (Wildman–Crippen MR) is 117 cm³/mol. The van der Waals surface area contributed by atoms with Crippen LogP contribution in [0.5, 0.6) is 5.75 Å². The first kappa shape index (κ1) is 21.4. The van der Waals surface area contributed by atoms with Crippen LogP contribution in [0.2, 0.25) is 0 Å². The van der Waals surface area contributed by atoms with E-state index < -0.39 is 22.6 Å². The summed E-state index contributed by atoms with van der Waals surface area (Å²) in [5.41, 5.74) is 1.30. The molecule has 0 radical (unpaired) electrons. The van der Waals surface area contributed by atoms with E-state index in [1.54, 1.807) is 38.2 Å². The number of nitro groups is 1. The van der Waals surface area contributed by atoms with Crippen LogP contribution in [0.15, 0.2) is 65.6 Å². The lowest BCUT2D eigenvalue weighted by molar-refractivity contribution is -0.384. The number of anilines is 1. The second kappa shape index (κ2) is 9.49. The van der Waals surface area contributed by atoms with E-state index >= 15 is 0 Å². The summed E-state index contributed by atoms with van der Waals surface area (Å²) < 4.78 is 6.94. The van der Waals surface area contributed by atoms with Crippen molar-refractivity contribution in [3.63, 3.8) is 0 Å². The van der Waals surface area contributed by atoms with Gasteiger partial charge in [-0.1, -0.05) is 24.3 Å². The number of carbonyl (C=O) groups excluding carboxylic acids is 1. The molecule has 1 aromatic heterocycles. The monoisotopic (exact) mass is 420 g/mol. The Labute approximate surface area is 177 Å². The fraction of sp³-hybridized carbons (Fsp3) is 0.136.